The van der Waals surface area contributed by atoms with Gasteiger partial charge < -0.3 is 4.42 Å². The van der Waals surface area contributed by atoms with Crippen molar-refractivity contribution in [3.8, 4) is 0 Å². The molecule has 0 bridgehead atoms. The fourth-order valence-electron chi connectivity index (χ4n) is 2.58. The summed E-state index contributed by atoms with van der Waals surface area (Å²) in [6.07, 6.45) is 2.71. The predicted octanol–water partition coefficient (Wildman–Crippen LogP) is 3.13. The number of aryl methyl sites for hydroxylation is 1. The first-order chi connectivity index (χ1) is 7.75. The number of hydrogen-bond donors (Lipinski definition) is 0. The van der Waals surface area contributed by atoms with Crippen molar-refractivity contribution in [1.82, 2.24) is 0 Å². The molecule has 16 heavy (non-hydrogen) atoms. The largest absolute Gasteiger partial charge is 0.461 e. The van der Waals surface area contributed by atoms with Crippen LogP contribution < -0.4 is 0 Å². The smallest absolute Gasteiger partial charge is 0.134 e. The average molecular weight is 214 g/mol. The van der Waals surface area contributed by atoms with E-state index in [4.69, 9.17) is 4.42 Å². The number of carbonyl (C=O) groups is 1. The summed E-state index contributed by atoms with van der Waals surface area (Å²) < 4.78 is 5.82. The molecule has 0 spiro atoms. The maximum absolute atomic E-state index is 11.4. The summed E-state index contributed by atoms with van der Waals surface area (Å²) >= 11 is 0. The first-order valence-corrected chi connectivity index (χ1v) is 5.75. The lowest BCUT2D eigenvalue weighted by molar-refractivity contribution is -0.121. The van der Waals surface area contributed by atoms with Crippen LogP contribution in [0.5, 0.6) is 0 Å². The molecule has 0 saturated heterocycles. The number of para-hydroxylation sites is 1. The van der Waals surface area contributed by atoms with Gasteiger partial charge in [-0.05, 0) is 25.8 Å². The predicted molar refractivity (Wildman–Crippen MR) is 62.4 cm³/mol. The fourth-order valence-corrected chi connectivity index (χ4v) is 2.58. The number of furan rings is 1. The second-order valence-electron chi connectivity index (χ2n) is 4.55. The topological polar surface area (TPSA) is 30.2 Å². The summed E-state index contributed by atoms with van der Waals surface area (Å²) in [6.45, 7) is 1.68. The number of ketones is 1. The van der Waals surface area contributed by atoms with E-state index in [-0.39, 0.29) is 11.7 Å². The second-order valence-corrected chi connectivity index (χ2v) is 4.55. The number of Topliss-reactive ketones (excluding diaryl/α,β-unsaturated/α-hetero) is 1. The van der Waals surface area contributed by atoms with E-state index in [1.165, 1.54) is 10.9 Å². The van der Waals surface area contributed by atoms with Crippen molar-refractivity contribution < 1.29 is 9.21 Å². The Morgan fingerprint density at radius 3 is 3.00 bits per heavy atom. The van der Waals surface area contributed by atoms with Crippen LogP contribution in [-0.4, -0.2) is 5.78 Å². The minimum absolute atomic E-state index is 0.160. The lowest BCUT2D eigenvalue weighted by Crippen LogP contribution is -2.19. The normalized spacial score (nSPS) is 19.7. The van der Waals surface area contributed by atoms with Crippen LogP contribution in [0.15, 0.2) is 28.7 Å². The molecule has 2 aromatic rings. The lowest BCUT2D eigenvalue weighted by Gasteiger charge is -2.18. The van der Waals surface area contributed by atoms with Gasteiger partial charge in [-0.1, -0.05) is 18.2 Å². The molecule has 1 atom stereocenters. The van der Waals surface area contributed by atoms with E-state index in [9.17, 15) is 4.79 Å². The van der Waals surface area contributed by atoms with E-state index >= 15 is 0 Å². The molecule has 0 radical (unpaired) electrons. The number of benzene rings is 1. The van der Waals surface area contributed by atoms with Gasteiger partial charge in [-0.15, -0.1) is 0 Å². The number of rotatable bonds is 1. The van der Waals surface area contributed by atoms with Gasteiger partial charge in [0.1, 0.15) is 17.1 Å². The van der Waals surface area contributed by atoms with Crippen LogP contribution in [0.25, 0.3) is 11.0 Å². The van der Waals surface area contributed by atoms with Crippen LogP contribution >= 0.6 is 0 Å². The first-order valence-electron chi connectivity index (χ1n) is 5.75. The van der Waals surface area contributed by atoms with Crippen molar-refractivity contribution in [1.29, 1.82) is 0 Å². The van der Waals surface area contributed by atoms with Crippen LogP contribution in [0, 0.1) is 5.92 Å². The molecule has 2 heteroatoms. The van der Waals surface area contributed by atoms with Gasteiger partial charge in [0.2, 0.25) is 0 Å². The Bertz CT molecular complexity index is 551. The maximum Gasteiger partial charge on any atom is 0.134 e. The number of fused-ring (bicyclic) bond motifs is 3. The van der Waals surface area contributed by atoms with Gasteiger partial charge in [-0.25, -0.2) is 0 Å². The van der Waals surface area contributed by atoms with E-state index in [1.54, 1.807) is 6.92 Å². The molecule has 3 rings (SSSR count). The fraction of sp³-hybridized carbons (Fsp3) is 0.357. The highest BCUT2D eigenvalue weighted by Crippen LogP contribution is 2.34. The Kier molecular flexibility index (Phi) is 2.10. The van der Waals surface area contributed by atoms with Crippen molar-refractivity contribution in [2.75, 3.05) is 0 Å². The highest BCUT2D eigenvalue weighted by atomic mass is 16.3. The Morgan fingerprint density at radius 1 is 1.38 bits per heavy atom. The number of carbonyl (C=O) groups excluding carboxylic acids is 1. The number of hydrogen-bond acceptors (Lipinski definition) is 2. The molecule has 0 N–H and O–H groups in total. The van der Waals surface area contributed by atoms with Crippen LogP contribution in [0.1, 0.15) is 24.7 Å². The molecule has 1 aliphatic carbocycles. The summed E-state index contributed by atoms with van der Waals surface area (Å²) in [7, 11) is 0. The molecule has 1 heterocycles. The molecule has 1 unspecified atom stereocenters. The molecule has 0 amide bonds. The summed E-state index contributed by atoms with van der Waals surface area (Å²) in [5.74, 6) is 1.46. The van der Waals surface area contributed by atoms with Gasteiger partial charge in [-0.3, -0.25) is 4.79 Å². The Labute approximate surface area is 94.3 Å². The van der Waals surface area contributed by atoms with Crippen molar-refractivity contribution in [3.63, 3.8) is 0 Å². The van der Waals surface area contributed by atoms with Gasteiger partial charge >= 0.3 is 0 Å². The highest BCUT2D eigenvalue weighted by molar-refractivity contribution is 5.84. The standard InChI is InChI=1S/C14H14O2/c1-9(15)10-6-7-12-11-4-2-3-5-13(11)16-14(12)8-10/h2-5,10H,6-8H2,1H3. The minimum atomic E-state index is 0.160. The molecule has 2 nitrogen and oxygen atoms in total. The van der Waals surface area contributed by atoms with Gasteiger partial charge in [0.15, 0.2) is 0 Å². The first kappa shape index (κ1) is 9.64. The van der Waals surface area contributed by atoms with Gasteiger partial charge in [0, 0.05) is 23.3 Å². The van der Waals surface area contributed by atoms with E-state index in [0.29, 0.717) is 0 Å². The van der Waals surface area contributed by atoms with E-state index in [1.807, 2.05) is 18.2 Å². The van der Waals surface area contributed by atoms with Crippen molar-refractivity contribution in [3.05, 3.63) is 35.6 Å². The van der Waals surface area contributed by atoms with E-state index in [2.05, 4.69) is 6.07 Å². The third-order valence-corrected chi connectivity index (χ3v) is 3.53. The molecule has 1 aromatic carbocycles. The van der Waals surface area contributed by atoms with E-state index < -0.39 is 0 Å². The van der Waals surface area contributed by atoms with Crippen LogP contribution in [0.4, 0.5) is 0 Å². The summed E-state index contributed by atoms with van der Waals surface area (Å²) in [6, 6.07) is 8.12. The van der Waals surface area contributed by atoms with E-state index in [0.717, 1.165) is 30.6 Å². The molecular formula is C14H14O2. The molecule has 1 aromatic heterocycles. The summed E-state index contributed by atoms with van der Waals surface area (Å²) in [4.78, 5) is 11.4. The monoisotopic (exact) mass is 214 g/mol. The molecule has 0 saturated carbocycles. The molecule has 0 aliphatic heterocycles. The third-order valence-electron chi connectivity index (χ3n) is 3.53. The SMILES string of the molecule is CC(=O)C1CCc2c(oc3ccccc23)C1. The zero-order chi connectivity index (χ0) is 11.1. The Hall–Kier alpha value is -1.57. The molecule has 82 valence electrons. The maximum atomic E-state index is 11.4. The van der Waals surface area contributed by atoms with Crippen molar-refractivity contribution >= 4 is 16.8 Å². The molecule has 1 aliphatic rings. The average Bonchev–Trinajstić information content (AvgIpc) is 2.66. The van der Waals surface area contributed by atoms with Gasteiger partial charge in [0.25, 0.3) is 0 Å². The summed E-state index contributed by atoms with van der Waals surface area (Å²) in [5.41, 5.74) is 2.27. The van der Waals surface area contributed by atoms with Crippen molar-refractivity contribution in [2.45, 2.75) is 26.2 Å². The van der Waals surface area contributed by atoms with Gasteiger partial charge in [0.05, 0.1) is 0 Å². The van der Waals surface area contributed by atoms with Crippen LogP contribution in [-0.2, 0) is 17.6 Å². The second kappa shape index (κ2) is 3.48. The molecule has 0 fully saturated rings. The summed E-state index contributed by atoms with van der Waals surface area (Å²) in [5, 5.41) is 1.22. The minimum Gasteiger partial charge on any atom is -0.461 e. The van der Waals surface area contributed by atoms with Crippen molar-refractivity contribution in [2.24, 2.45) is 5.92 Å². The molecular weight excluding hydrogens is 200 g/mol. The Morgan fingerprint density at radius 2 is 2.19 bits per heavy atom. The zero-order valence-corrected chi connectivity index (χ0v) is 9.32. The van der Waals surface area contributed by atoms with Gasteiger partial charge in [-0.2, -0.15) is 0 Å². The third kappa shape index (κ3) is 1.37. The highest BCUT2D eigenvalue weighted by Gasteiger charge is 2.26. The Balaban J connectivity index is 2.09. The van der Waals surface area contributed by atoms with Crippen LogP contribution in [0.3, 0.4) is 0 Å². The van der Waals surface area contributed by atoms with Crippen LogP contribution in [0.2, 0.25) is 0 Å². The quantitative estimate of drug-likeness (QED) is 0.730. The lowest BCUT2D eigenvalue weighted by atomic mass is 9.85. The zero-order valence-electron chi connectivity index (χ0n) is 9.32.